The van der Waals surface area contributed by atoms with E-state index in [0.29, 0.717) is 23.5 Å². The van der Waals surface area contributed by atoms with Gasteiger partial charge >= 0.3 is 0 Å². The Morgan fingerprint density at radius 3 is 2.94 bits per heavy atom. The number of carbonyl (C=O) groups excluding carboxylic acids is 2. The largest absolute Gasteiger partial charge is 0.364 e. The minimum Gasteiger partial charge on any atom is -0.364 e. The van der Waals surface area contributed by atoms with Crippen LogP contribution in [0.15, 0.2) is 17.5 Å². The van der Waals surface area contributed by atoms with Crippen LogP contribution in [0.25, 0.3) is 0 Å². The number of primary amides is 1. The maximum absolute atomic E-state index is 11.8. The van der Waals surface area contributed by atoms with Gasteiger partial charge in [-0.15, -0.1) is 0 Å². The Morgan fingerprint density at radius 2 is 2.18 bits per heavy atom. The first-order chi connectivity index (χ1) is 8.16. The molecule has 0 fully saturated rings. The molecular formula is C12H13N3O2. The number of rotatable bonds is 1. The van der Waals surface area contributed by atoms with E-state index in [4.69, 9.17) is 5.73 Å². The molecule has 0 spiro atoms. The predicted molar refractivity (Wildman–Crippen MR) is 62.5 cm³/mol. The number of hydrogen-bond acceptors (Lipinski definition) is 3. The zero-order valence-electron chi connectivity index (χ0n) is 9.30. The molecule has 0 unspecified atom stereocenters. The Morgan fingerprint density at radius 1 is 1.35 bits per heavy atom. The average Bonchev–Trinajstić information content (AvgIpc) is 2.70. The van der Waals surface area contributed by atoms with Gasteiger partial charge in [-0.05, 0) is 30.4 Å². The fraction of sp³-hybridized carbons (Fsp3) is 0.333. The van der Waals surface area contributed by atoms with Crippen LogP contribution in [0.5, 0.6) is 0 Å². The number of Topliss-reactive ketones (excluding diaryl/α,β-unsaturated/α-hetero) is 1. The SMILES string of the molecule is NC(=O)c1[nH]cc2c1NC1=C(CCCC1=O)C2. The zero-order valence-corrected chi connectivity index (χ0v) is 9.30. The minimum atomic E-state index is -0.508. The summed E-state index contributed by atoms with van der Waals surface area (Å²) in [6.07, 6.45) is 4.96. The minimum absolute atomic E-state index is 0.133. The summed E-state index contributed by atoms with van der Waals surface area (Å²) in [6, 6.07) is 0. The number of aromatic amines is 1. The standard InChI is InChI=1S/C12H13N3O2/c13-12(17)11-10-7(5-14-11)4-6-2-1-3-8(16)9(6)15-10/h5,14-15H,1-4H2,(H2,13,17). The number of H-pyrrole nitrogens is 1. The molecule has 1 aliphatic carbocycles. The Kier molecular flexibility index (Phi) is 2.07. The summed E-state index contributed by atoms with van der Waals surface area (Å²) in [5.74, 6) is -0.375. The molecule has 1 aromatic rings. The first-order valence-corrected chi connectivity index (χ1v) is 5.69. The fourth-order valence-corrected chi connectivity index (χ4v) is 2.54. The van der Waals surface area contributed by atoms with E-state index >= 15 is 0 Å². The number of ketones is 1. The molecule has 1 aliphatic heterocycles. The normalized spacial score (nSPS) is 18.5. The zero-order chi connectivity index (χ0) is 12.0. The molecule has 0 saturated carbocycles. The van der Waals surface area contributed by atoms with Crippen LogP contribution in [0.4, 0.5) is 5.69 Å². The van der Waals surface area contributed by atoms with Crippen LogP contribution in [0.2, 0.25) is 0 Å². The van der Waals surface area contributed by atoms with Gasteiger partial charge in [0.25, 0.3) is 5.91 Å². The summed E-state index contributed by atoms with van der Waals surface area (Å²) in [7, 11) is 0. The number of fused-ring (bicyclic) bond motifs is 1. The lowest BCUT2D eigenvalue weighted by Gasteiger charge is -2.25. The third-order valence-electron chi connectivity index (χ3n) is 3.38. The van der Waals surface area contributed by atoms with E-state index in [2.05, 4.69) is 10.3 Å². The van der Waals surface area contributed by atoms with Gasteiger partial charge in [0.2, 0.25) is 0 Å². The number of allylic oxidation sites excluding steroid dienone is 2. The number of hydrogen-bond donors (Lipinski definition) is 3. The van der Waals surface area contributed by atoms with Gasteiger partial charge in [-0.1, -0.05) is 0 Å². The summed E-state index contributed by atoms with van der Waals surface area (Å²) in [5, 5.41) is 3.08. The number of carbonyl (C=O) groups is 2. The van der Waals surface area contributed by atoms with Crippen molar-refractivity contribution in [2.24, 2.45) is 5.73 Å². The van der Waals surface area contributed by atoms with Crippen molar-refractivity contribution in [3.63, 3.8) is 0 Å². The van der Waals surface area contributed by atoms with Gasteiger partial charge in [0.15, 0.2) is 5.78 Å². The van der Waals surface area contributed by atoms with Crippen LogP contribution in [0.1, 0.15) is 35.3 Å². The number of amides is 1. The summed E-state index contributed by atoms with van der Waals surface area (Å²) < 4.78 is 0. The molecule has 5 nitrogen and oxygen atoms in total. The Labute approximate surface area is 98.1 Å². The van der Waals surface area contributed by atoms with Crippen LogP contribution in [-0.2, 0) is 11.2 Å². The van der Waals surface area contributed by atoms with Crippen molar-refractivity contribution in [1.82, 2.24) is 4.98 Å². The van der Waals surface area contributed by atoms with Crippen molar-refractivity contribution < 1.29 is 9.59 Å². The van der Waals surface area contributed by atoms with Crippen LogP contribution >= 0.6 is 0 Å². The second-order valence-electron chi connectivity index (χ2n) is 4.49. The van der Waals surface area contributed by atoms with Crippen LogP contribution in [0, 0.1) is 0 Å². The number of anilines is 1. The highest BCUT2D eigenvalue weighted by Crippen LogP contribution is 2.35. The highest BCUT2D eigenvalue weighted by atomic mass is 16.1. The van der Waals surface area contributed by atoms with Gasteiger partial charge in [0, 0.05) is 12.6 Å². The molecule has 4 N–H and O–H groups in total. The Balaban J connectivity index is 2.04. The fourth-order valence-electron chi connectivity index (χ4n) is 2.54. The van der Waals surface area contributed by atoms with Crippen LogP contribution in [0.3, 0.4) is 0 Å². The molecule has 0 aromatic carbocycles. The first kappa shape index (κ1) is 10.1. The summed E-state index contributed by atoms with van der Waals surface area (Å²) in [6.45, 7) is 0. The van der Waals surface area contributed by atoms with E-state index in [1.807, 2.05) is 0 Å². The molecule has 0 radical (unpaired) electrons. The van der Waals surface area contributed by atoms with E-state index in [1.165, 1.54) is 0 Å². The lowest BCUT2D eigenvalue weighted by molar-refractivity contribution is -0.115. The van der Waals surface area contributed by atoms with Gasteiger partial charge in [-0.2, -0.15) is 0 Å². The second-order valence-corrected chi connectivity index (χ2v) is 4.49. The number of aromatic nitrogens is 1. The third kappa shape index (κ3) is 1.46. The van der Waals surface area contributed by atoms with Gasteiger partial charge < -0.3 is 16.0 Å². The third-order valence-corrected chi connectivity index (χ3v) is 3.38. The molecule has 88 valence electrons. The highest BCUT2D eigenvalue weighted by Gasteiger charge is 2.28. The molecule has 0 saturated heterocycles. The maximum atomic E-state index is 11.8. The van der Waals surface area contributed by atoms with E-state index in [1.54, 1.807) is 6.20 Å². The Hall–Kier alpha value is -2.04. The molecular weight excluding hydrogens is 218 g/mol. The van der Waals surface area contributed by atoms with E-state index in [0.717, 1.165) is 30.4 Å². The molecule has 2 heterocycles. The predicted octanol–water partition coefficient (Wildman–Crippen LogP) is 1.09. The molecule has 17 heavy (non-hydrogen) atoms. The lowest BCUT2D eigenvalue weighted by atomic mass is 9.88. The van der Waals surface area contributed by atoms with Gasteiger partial charge in [0.05, 0.1) is 11.4 Å². The lowest BCUT2D eigenvalue weighted by Crippen LogP contribution is -2.24. The van der Waals surface area contributed by atoms with Crippen molar-refractivity contribution in [2.45, 2.75) is 25.7 Å². The molecule has 2 aliphatic rings. The van der Waals surface area contributed by atoms with Crippen molar-refractivity contribution in [3.05, 3.63) is 28.7 Å². The van der Waals surface area contributed by atoms with Gasteiger partial charge in [-0.25, -0.2) is 0 Å². The van der Waals surface area contributed by atoms with E-state index in [-0.39, 0.29) is 5.78 Å². The maximum Gasteiger partial charge on any atom is 0.267 e. The average molecular weight is 231 g/mol. The van der Waals surface area contributed by atoms with E-state index in [9.17, 15) is 9.59 Å². The number of nitrogens with one attached hydrogen (secondary N) is 2. The van der Waals surface area contributed by atoms with Crippen LogP contribution in [-0.4, -0.2) is 16.7 Å². The monoisotopic (exact) mass is 231 g/mol. The van der Waals surface area contributed by atoms with E-state index < -0.39 is 5.91 Å². The summed E-state index contributed by atoms with van der Waals surface area (Å²) in [4.78, 5) is 25.9. The molecule has 5 heteroatoms. The number of nitrogens with two attached hydrogens (primary N) is 1. The molecule has 0 atom stereocenters. The smallest absolute Gasteiger partial charge is 0.267 e. The van der Waals surface area contributed by atoms with Crippen molar-refractivity contribution in [2.75, 3.05) is 5.32 Å². The Bertz CT molecular complexity index is 554. The van der Waals surface area contributed by atoms with Gasteiger partial charge in [0.1, 0.15) is 5.69 Å². The molecule has 0 bridgehead atoms. The highest BCUT2D eigenvalue weighted by molar-refractivity contribution is 6.04. The van der Waals surface area contributed by atoms with Crippen LogP contribution < -0.4 is 11.1 Å². The topological polar surface area (TPSA) is 88.0 Å². The van der Waals surface area contributed by atoms with Gasteiger partial charge in [-0.3, -0.25) is 9.59 Å². The molecule has 3 rings (SSSR count). The summed E-state index contributed by atoms with van der Waals surface area (Å²) in [5.41, 5.74) is 9.12. The van der Waals surface area contributed by atoms with Crippen molar-refractivity contribution >= 4 is 17.4 Å². The quantitative estimate of drug-likeness (QED) is 0.676. The first-order valence-electron chi connectivity index (χ1n) is 5.69. The van der Waals surface area contributed by atoms with Crippen molar-refractivity contribution in [1.29, 1.82) is 0 Å². The van der Waals surface area contributed by atoms with Crippen molar-refractivity contribution in [3.8, 4) is 0 Å². The molecule has 1 amide bonds. The summed E-state index contributed by atoms with van der Waals surface area (Å²) >= 11 is 0. The molecule has 1 aromatic heterocycles. The second kappa shape index (κ2) is 3.48.